The molecule has 0 aliphatic carbocycles. The molecule has 5 nitrogen and oxygen atoms in total. The van der Waals surface area contributed by atoms with Crippen molar-refractivity contribution >= 4 is 0 Å². The summed E-state index contributed by atoms with van der Waals surface area (Å²) in [6, 6.07) is 0.306. The van der Waals surface area contributed by atoms with Crippen LogP contribution in [-0.2, 0) is 0 Å². The SMILES string of the molecule is CC(NC(C)c1ncc[nH]1)c1cnccn1. The van der Waals surface area contributed by atoms with Crippen LogP contribution in [0.5, 0.6) is 0 Å². The van der Waals surface area contributed by atoms with Crippen LogP contribution < -0.4 is 5.32 Å². The van der Waals surface area contributed by atoms with Crippen molar-refractivity contribution in [3.05, 3.63) is 42.5 Å². The summed E-state index contributed by atoms with van der Waals surface area (Å²) >= 11 is 0. The Morgan fingerprint density at radius 1 is 1.12 bits per heavy atom. The van der Waals surface area contributed by atoms with Crippen LogP contribution in [0.3, 0.4) is 0 Å². The molecule has 2 aromatic rings. The molecule has 0 saturated carbocycles. The molecule has 0 radical (unpaired) electrons. The molecule has 0 fully saturated rings. The Balaban J connectivity index is 2.00. The van der Waals surface area contributed by atoms with Crippen LogP contribution in [0.2, 0.25) is 0 Å². The Kier molecular flexibility index (Phi) is 3.26. The van der Waals surface area contributed by atoms with Crippen LogP contribution in [0.15, 0.2) is 31.0 Å². The Hall–Kier alpha value is -1.75. The van der Waals surface area contributed by atoms with Gasteiger partial charge in [0.1, 0.15) is 5.82 Å². The van der Waals surface area contributed by atoms with Crippen LogP contribution in [0.4, 0.5) is 0 Å². The highest BCUT2D eigenvalue weighted by atomic mass is 15.0. The fourth-order valence-electron chi connectivity index (χ4n) is 1.59. The van der Waals surface area contributed by atoms with E-state index in [1.165, 1.54) is 0 Å². The van der Waals surface area contributed by atoms with Crippen molar-refractivity contribution in [1.29, 1.82) is 0 Å². The van der Waals surface area contributed by atoms with Crippen LogP contribution in [0, 0.1) is 0 Å². The lowest BCUT2D eigenvalue weighted by molar-refractivity contribution is 0.471. The van der Waals surface area contributed by atoms with Crippen molar-refractivity contribution in [2.75, 3.05) is 0 Å². The lowest BCUT2D eigenvalue weighted by atomic mass is 10.2. The minimum absolute atomic E-state index is 0.147. The van der Waals surface area contributed by atoms with Crippen molar-refractivity contribution < 1.29 is 0 Å². The van der Waals surface area contributed by atoms with Gasteiger partial charge in [-0.15, -0.1) is 0 Å². The van der Waals surface area contributed by atoms with Crippen molar-refractivity contribution in [3.8, 4) is 0 Å². The summed E-state index contributed by atoms with van der Waals surface area (Å²) in [6.07, 6.45) is 8.71. The number of rotatable bonds is 4. The Labute approximate surface area is 94.4 Å². The van der Waals surface area contributed by atoms with Gasteiger partial charge in [0.2, 0.25) is 0 Å². The number of imidazole rings is 1. The summed E-state index contributed by atoms with van der Waals surface area (Å²) in [6.45, 7) is 4.12. The Bertz CT molecular complexity index is 411. The zero-order chi connectivity index (χ0) is 11.4. The molecule has 2 unspecified atom stereocenters. The Morgan fingerprint density at radius 2 is 2.00 bits per heavy atom. The molecule has 16 heavy (non-hydrogen) atoms. The van der Waals surface area contributed by atoms with Gasteiger partial charge < -0.3 is 4.98 Å². The molecular weight excluding hydrogens is 202 g/mol. The summed E-state index contributed by atoms with van der Waals surface area (Å²) < 4.78 is 0. The maximum atomic E-state index is 4.26. The van der Waals surface area contributed by atoms with Crippen LogP contribution >= 0.6 is 0 Å². The molecule has 0 bridgehead atoms. The molecule has 2 rings (SSSR count). The first-order valence-corrected chi connectivity index (χ1v) is 5.28. The number of hydrogen-bond donors (Lipinski definition) is 2. The average molecular weight is 217 g/mol. The van der Waals surface area contributed by atoms with E-state index in [1.54, 1.807) is 24.8 Å². The molecule has 0 amide bonds. The topological polar surface area (TPSA) is 66.5 Å². The van der Waals surface area contributed by atoms with Gasteiger partial charge in [-0.1, -0.05) is 0 Å². The maximum absolute atomic E-state index is 4.26. The third-order valence-corrected chi connectivity index (χ3v) is 2.46. The van der Waals surface area contributed by atoms with E-state index in [2.05, 4.69) is 39.1 Å². The molecule has 2 N–H and O–H groups in total. The number of aromatic amines is 1. The number of nitrogens with zero attached hydrogens (tertiary/aromatic N) is 3. The second-order valence-electron chi connectivity index (χ2n) is 3.71. The van der Waals surface area contributed by atoms with Crippen molar-refractivity contribution in [2.24, 2.45) is 0 Å². The first kappa shape index (κ1) is 10.8. The quantitative estimate of drug-likeness (QED) is 0.816. The minimum atomic E-state index is 0.147. The fraction of sp³-hybridized carbons (Fsp3) is 0.364. The summed E-state index contributed by atoms with van der Waals surface area (Å²) in [5.74, 6) is 0.927. The number of H-pyrrole nitrogens is 1. The zero-order valence-electron chi connectivity index (χ0n) is 9.38. The summed E-state index contributed by atoms with van der Waals surface area (Å²) in [7, 11) is 0. The van der Waals surface area contributed by atoms with Gasteiger partial charge in [0, 0.05) is 37.0 Å². The number of hydrogen-bond acceptors (Lipinski definition) is 4. The third-order valence-electron chi connectivity index (χ3n) is 2.46. The first-order chi connectivity index (χ1) is 7.77. The molecule has 0 aromatic carbocycles. The highest BCUT2D eigenvalue weighted by molar-refractivity contribution is 5.03. The Morgan fingerprint density at radius 3 is 2.62 bits per heavy atom. The molecule has 0 saturated heterocycles. The maximum Gasteiger partial charge on any atom is 0.122 e. The monoisotopic (exact) mass is 217 g/mol. The van der Waals surface area contributed by atoms with Crippen molar-refractivity contribution in [1.82, 2.24) is 25.3 Å². The summed E-state index contributed by atoms with van der Waals surface area (Å²) in [5.41, 5.74) is 0.931. The van der Waals surface area contributed by atoms with Crippen LogP contribution in [-0.4, -0.2) is 19.9 Å². The lowest BCUT2D eigenvalue weighted by Gasteiger charge is -2.17. The molecule has 0 aliphatic heterocycles. The summed E-state index contributed by atoms with van der Waals surface area (Å²) in [4.78, 5) is 15.6. The van der Waals surface area contributed by atoms with E-state index in [-0.39, 0.29) is 12.1 Å². The van der Waals surface area contributed by atoms with Gasteiger partial charge in [-0.25, -0.2) is 4.98 Å². The van der Waals surface area contributed by atoms with Gasteiger partial charge in [0.05, 0.1) is 11.7 Å². The van der Waals surface area contributed by atoms with Gasteiger partial charge >= 0.3 is 0 Å². The molecule has 2 atom stereocenters. The third kappa shape index (κ3) is 2.43. The highest BCUT2D eigenvalue weighted by Crippen LogP contribution is 2.14. The predicted molar refractivity (Wildman–Crippen MR) is 60.6 cm³/mol. The normalized spacial score (nSPS) is 14.6. The minimum Gasteiger partial charge on any atom is -0.347 e. The highest BCUT2D eigenvalue weighted by Gasteiger charge is 2.13. The zero-order valence-corrected chi connectivity index (χ0v) is 9.38. The lowest BCUT2D eigenvalue weighted by Crippen LogP contribution is -2.24. The van der Waals surface area contributed by atoms with Gasteiger partial charge in [-0.05, 0) is 13.8 Å². The standard InChI is InChI=1S/C11H15N5/c1-8(10-7-12-3-4-13-10)16-9(2)11-14-5-6-15-11/h3-9,16H,1-2H3,(H,14,15). The van der Waals surface area contributed by atoms with Crippen molar-refractivity contribution in [2.45, 2.75) is 25.9 Å². The van der Waals surface area contributed by atoms with E-state index >= 15 is 0 Å². The second-order valence-corrected chi connectivity index (χ2v) is 3.71. The molecule has 0 spiro atoms. The summed E-state index contributed by atoms with van der Waals surface area (Å²) in [5, 5.41) is 3.40. The smallest absolute Gasteiger partial charge is 0.122 e. The van der Waals surface area contributed by atoms with E-state index in [1.807, 2.05) is 6.20 Å². The number of nitrogens with one attached hydrogen (secondary N) is 2. The van der Waals surface area contributed by atoms with E-state index in [9.17, 15) is 0 Å². The molecule has 84 valence electrons. The fourth-order valence-corrected chi connectivity index (χ4v) is 1.59. The largest absolute Gasteiger partial charge is 0.347 e. The van der Waals surface area contributed by atoms with Gasteiger partial charge in [-0.3, -0.25) is 15.3 Å². The molecule has 5 heteroatoms. The first-order valence-electron chi connectivity index (χ1n) is 5.28. The van der Waals surface area contributed by atoms with Gasteiger partial charge in [-0.2, -0.15) is 0 Å². The van der Waals surface area contributed by atoms with Crippen LogP contribution in [0.25, 0.3) is 0 Å². The van der Waals surface area contributed by atoms with E-state index in [4.69, 9.17) is 0 Å². The van der Waals surface area contributed by atoms with E-state index in [0.29, 0.717) is 0 Å². The van der Waals surface area contributed by atoms with E-state index in [0.717, 1.165) is 11.5 Å². The molecule has 2 aromatic heterocycles. The van der Waals surface area contributed by atoms with Crippen molar-refractivity contribution in [3.63, 3.8) is 0 Å². The van der Waals surface area contributed by atoms with E-state index < -0.39 is 0 Å². The molecular formula is C11H15N5. The van der Waals surface area contributed by atoms with Gasteiger partial charge in [0.15, 0.2) is 0 Å². The average Bonchev–Trinajstić information content (AvgIpc) is 2.83. The predicted octanol–water partition coefficient (Wildman–Crippen LogP) is 1.61. The molecule has 0 aliphatic rings. The van der Waals surface area contributed by atoms with Crippen LogP contribution in [0.1, 0.15) is 37.4 Å². The molecule has 2 heterocycles. The van der Waals surface area contributed by atoms with Gasteiger partial charge in [0.25, 0.3) is 0 Å². The second kappa shape index (κ2) is 4.85. The number of aromatic nitrogens is 4.